The Morgan fingerprint density at radius 3 is 2.68 bits per heavy atom. The third-order valence-electron chi connectivity index (χ3n) is 4.50. The van der Waals surface area contributed by atoms with Crippen LogP contribution in [-0.2, 0) is 0 Å². The molecule has 2 heterocycles. The molecule has 1 aliphatic carbocycles. The maximum absolute atomic E-state index is 13.2. The van der Waals surface area contributed by atoms with Crippen LogP contribution in [0.1, 0.15) is 36.0 Å². The van der Waals surface area contributed by atoms with Crippen LogP contribution in [-0.4, -0.2) is 42.9 Å². The quantitative estimate of drug-likeness (QED) is 0.634. The number of amides is 1. The van der Waals surface area contributed by atoms with Crippen molar-refractivity contribution in [1.82, 2.24) is 25.1 Å². The van der Waals surface area contributed by atoms with E-state index in [-0.39, 0.29) is 42.1 Å². The van der Waals surface area contributed by atoms with Crippen molar-refractivity contribution < 1.29 is 18.7 Å². The fourth-order valence-electron chi connectivity index (χ4n) is 2.94. The minimum Gasteiger partial charge on any atom is -0.373 e. The summed E-state index contributed by atoms with van der Waals surface area (Å²) in [4.78, 5) is 41.3. The molecular weight excluding hydrogens is 400 g/mol. The lowest BCUT2D eigenvalue weighted by Gasteiger charge is -2.31. The van der Waals surface area contributed by atoms with Crippen molar-refractivity contribution in [3.8, 4) is 5.82 Å². The molecule has 9 nitrogen and oxygen atoms in total. The maximum Gasteiger partial charge on any atom is 0.351 e. The number of halogens is 3. The molecule has 0 aliphatic heterocycles. The fourth-order valence-corrected chi connectivity index (χ4v) is 3.13. The minimum absolute atomic E-state index is 0.0545. The van der Waals surface area contributed by atoms with Gasteiger partial charge in [-0.25, -0.2) is 18.6 Å². The first kappa shape index (κ1) is 20.1. The summed E-state index contributed by atoms with van der Waals surface area (Å²) in [5.41, 5.74) is -1.67. The Hall–Kier alpha value is -2.66. The predicted molar refractivity (Wildman–Crippen MR) is 93.6 cm³/mol. The van der Waals surface area contributed by atoms with Gasteiger partial charge in [0.15, 0.2) is 5.82 Å². The van der Waals surface area contributed by atoms with Crippen LogP contribution in [0.25, 0.3) is 5.82 Å². The Morgan fingerprint density at radius 1 is 1.36 bits per heavy atom. The third kappa shape index (κ3) is 4.42. The molecule has 0 saturated heterocycles. The van der Waals surface area contributed by atoms with E-state index < -0.39 is 35.2 Å². The monoisotopic (exact) mass is 415 g/mol. The van der Waals surface area contributed by atoms with Gasteiger partial charge in [0.05, 0.1) is 10.6 Å². The number of aliphatic hydroxyl groups excluding tert-OH is 1. The van der Waals surface area contributed by atoms with Gasteiger partial charge in [-0.15, -0.1) is 0 Å². The Morgan fingerprint density at radius 2 is 2.04 bits per heavy atom. The molecule has 3 N–H and O–H groups in total. The van der Waals surface area contributed by atoms with E-state index in [1.54, 1.807) is 0 Å². The van der Waals surface area contributed by atoms with Gasteiger partial charge in [0, 0.05) is 25.0 Å². The molecule has 2 aromatic rings. The van der Waals surface area contributed by atoms with Gasteiger partial charge in [-0.1, -0.05) is 11.6 Å². The van der Waals surface area contributed by atoms with Crippen LogP contribution < -0.4 is 16.6 Å². The molecule has 0 spiro atoms. The maximum atomic E-state index is 13.2. The van der Waals surface area contributed by atoms with Gasteiger partial charge in [-0.3, -0.25) is 14.6 Å². The summed E-state index contributed by atoms with van der Waals surface area (Å²) in [6.07, 6.45) is 0.0709. The molecule has 1 amide bonds. The van der Waals surface area contributed by atoms with Gasteiger partial charge in [-0.05, 0) is 18.9 Å². The number of nitrogens with one attached hydrogen (secondary N) is 2. The van der Waals surface area contributed by atoms with Crippen LogP contribution in [0.15, 0.2) is 28.0 Å². The number of hydrogen-bond donors (Lipinski definition) is 3. The number of carbonyl (C=O) groups excluding carboxylic acids is 1. The van der Waals surface area contributed by atoms with Crippen LogP contribution in [0.4, 0.5) is 8.78 Å². The molecule has 0 bridgehead atoms. The average molecular weight is 416 g/mol. The molecule has 1 unspecified atom stereocenters. The van der Waals surface area contributed by atoms with Crippen molar-refractivity contribution in [3.63, 3.8) is 0 Å². The van der Waals surface area contributed by atoms with Crippen LogP contribution >= 0.6 is 11.6 Å². The normalized spacial score (nSPS) is 17.9. The molecule has 28 heavy (non-hydrogen) atoms. The van der Waals surface area contributed by atoms with Gasteiger partial charge in [0.25, 0.3) is 11.5 Å². The van der Waals surface area contributed by atoms with Crippen LogP contribution in [0.5, 0.6) is 0 Å². The van der Waals surface area contributed by atoms with Crippen molar-refractivity contribution >= 4 is 17.5 Å². The number of aromatic amines is 1. The lowest BCUT2D eigenvalue weighted by Crippen LogP contribution is -2.43. The van der Waals surface area contributed by atoms with Gasteiger partial charge < -0.3 is 10.4 Å². The largest absolute Gasteiger partial charge is 0.373 e. The SMILES string of the molecule is O=C(NC(O)C1CCC(F)(F)CC1)c1cc(-n2ncc(=O)[nH]c2=O)ncc1Cl. The molecule has 0 radical (unpaired) electrons. The topological polar surface area (TPSA) is 130 Å². The number of alkyl halides is 2. The molecular formula is C16H16ClF2N5O4. The van der Waals surface area contributed by atoms with E-state index in [1.807, 2.05) is 4.98 Å². The van der Waals surface area contributed by atoms with Crippen molar-refractivity contribution in [1.29, 1.82) is 0 Å². The molecule has 1 fully saturated rings. The van der Waals surface area contributed by atoms with E-state index >= 15 is 0 Å². The zero-order valence-electron chi connectivity index (χ0n) is 14.4. The highest BCUT2D eigenvalue weighted by Crippen LogP contribution is 2.37. The second-order valence-corrected chi connectivity index (χ2v) is 6.89. The van der Waals surface area contributed by atoms with Gasteiger partial charge in [-0.2, -0.15) is 9.78 Å². The number of hydrogen-bond acceptors (Lipinski definition) is 6. The van der Waals surface area contributed by atoms with Gasteiger partial charge >= 0.3 is 5.69 Å². The lowest BCUT2D eigenvalue weighted by molar-refractivity contribution is -0.0650. The predicted octanol–water partition coefficient (Wildman–Crippen LogP) is 0.843. The zero-order chi connectivity index (χ0) is 20.5. The smallest absolute Gasteiger partial charge is 0.351 e. The second-order valence-electron chi connectivity index (χ2n) is 6.48. The zero-order valence-corrected chi connectivity index (χ0v) is 15.1. The number of aromatic nitrogens is 4. The van der Waals surface area contributed by atoms with E-state index in [0.717, 1.165) is 23.1 Å². The molecule has 12 heteroatoms. The molecule has 1 saturated carbocycles. The van der Waals surface area contributed by atoms with Crippen molar-refractivity contribution in [2.75, 3.05) is 0 Å². The van der Waals surface area contributed by atoms with E-state index in [2.05, 4.69) is 15.4 Å². The number of H-pyrrole nitrogens is 1. The molecule has 0 aromatic carbocycles. The van der Waals surface area contributed by atoms with E-state index in [4.69, 9.17) is 11.6 Å². The molecule has 1 aliphatic rings. The first-order valence-electron chi connectivity index (χ1n) is 8.38. The average Bonchev–Trinajstić information content (AvgIpc) is 2.62. The number of pyridine rings is 1. The molecule has 3 rings (SSSR count). The van der Waals surface area contributed by atoms with E-state index in [1.165, 1.54) is 0 Å². The summed E-state index contributed by atoms with van der Waals surface area (Å²) >= 11 is 5.98. The van der Waals surface area contributed by atoms with E-state index in [0.29, 0.717) is 0 Å². The van der Waals surface area contributed by atoms with Crippen LogP contribution in [0, 0.1) is 5.92 Å². The van der Waals surface area contributed by atoms with Gasteiger partial charge in [0.2, 0.25) is 5.92 Å². The lowest BCUT2D eigenvalue weighted by atomic mass is 9.85. The van der Waals surface area contributed by atoms with E-state index in [9.17, 15) is 28.3 Å². The highest BCUT2D eigenvalue weighted by atomic mass is 35.5. The van der Waals surface area contributed by atoms with Crippen LogP contribution in [0.2, 0.25) is 5.02 Å². The highest BCUT2D eigenvalue weighted by molar-refractivity contribution is 6.33. The number of aliphatic hydroxyl groups is 1. The number of nitrogens with zero attached hydrogens (tertiary/aromatic N) is 3. The Kier molecular flexibility index (Phi) is 5.57. The fraction of sp³-hybridized carbons (Fsp3) is 0.438. The minimum atomic E-state index is -2.75. The second kappa shape index (κ2) is 7.76. The summed E-state index contributed by atoms with van der Waals surface area (Å²) in [5, 5.41) is 16.1. The summed E-state index contributed by atoms with van der Waals surface area (Å²) in [6, 6.07) is 1.16. The van der Waals surface area contributed by atoms with Crippen molar-refractivity contribution in [2.45, 2.75) is 37.8 Å². The summed E-state index contributed by atoms with van der Waals surface area (Å²) in [6.45, 7) is 0. The Bertz CT molecular complexity index is 999. The number of carbonyl (C=O) groups is 1. The molecule has 2 aromatic heterocycles. The van der Waals surface area contributed by atoms with Crippen LogP contribution in [0.3, 0.4) is 0 Å². The standard InChI is InChI=1S/C16H16ClF2N5O4/c17-10-6-20-11(24-15(28)22-12(25)7-21-24)5-9(10)14(27)23-13(26)8-1-3-16(18,19)4-2-8/h5-8,13,26H,1-4H2,(H,23,27)(H,22,25,28). The first-order valence-corrected chi connectivity index (χ1v) is 8.75. The van der Waals surface area contributed by atoms with Crippen molar-refractivity contribution in [3.05, 3.63) is 49.9 Å². The Labute approximate surface area is 161 Å². The van der Waals surface area contributed by atoms with Gasteiger partial charge in [0.1, 0.15) is 12.4 Å². The number of rotatable bonds is 4. The first-order chi connectivity index (χ1) is 13.2. The Balaban J connectivity index is 1.78. The summed E-state index contributed by atoms with van der Waals surface area (Å²) < 4.78 is 27.2. The molecule has 1 atom stereocenters. The van der Waals surface area contributed by atoms with Crippen molar-refractivity contribution in [2.24, 2.45) is 5.92 Å². The molecule has 150 valence electrons. The summed E-state index contributed by atoms with van der Waals surface area (Å²) in [5.74, 6) is -4.11. The summed E-state index contributed by atoms with van der Waals surface area (Å²) in [7, 11) is 0. The third-order valence-corrected chi connectivity index (χ3v) is 4.80. The highest BCUT2D eigenvalue weighted by Gasteiger charge is 2.37.